The van der Waals surface area contributed by atoms with Crippen molar-refractivity contribution < 1.29 is 14.7 Å². The number of rotatable bonds is 3. The van der Waals surface area contributed by atoms with Gasteiger partial charge in [0.25, 0.3) is 5.78 Å². The van der Waals surface area contributed by atoms with Crippen LogP contribution < -0.4 is 4.90 Å². The molecule has 6 rings (SSSR count). The van der Waals surface area contributed by atoms with Gasteiger partial charge >= 0.3 is 5.91 Å². The van der Waals surface area contributed by atoms with Gasteiger partial charge in [0.1, 0.15) is 11.3 Å². The maximum atomic E-state index is 13.5. The van der Waals surface area contributed by atoms with E-state index in [0.29, 0.717) is 32.6 Å². The molecule has 3 aromatic heterocycles. The molecule has 0 aliphatic carbocycles. The van der Waals surface area contributed by atoms with Gasteiger partial charge in [-0.05, 0) is 61.4 Å². The van der Waals surface area contributed by atoms with Gasteiger partial charge in [0.2, 0.25) is 0 Å². The molecule has 10 heteroatoms. The Labute approximate surface area is 228 Å². The zero-order valence-electron chi connectivity index (χ0n) is 19.6. The molecule has 0 saturated carbocycles. The first-order valence-corrected chi connectivity index (χ1v) is 13.3. The molecule has 184 valence electrons. The van der Waals surface area contributed by atoms with E-state index in [1.165, 1.54) is 16.2 Å². The lowest BCUT2D eigenvalue weighted by Gasteiger charge is -2.22. The van der Waals surface area contributed by atoms with Crippen LogP contribution in [0, 0.1) is 13.8 Å². The summed E-state index contributed by atoms with van der Waals surface area (Å²) in [4.78, 5) is 37.6. The van der Waals surface area contributed by atoms with E-state index in [-0.39, 0.29) is 17.0 Å². The van der Waals surface area contributed by atoms with Gasteiger partial charge in [-0.15, -0.1) is 0 Å². The van der Waals surface area contributed by atoms with Crippen LogP contribution in [0.5, 0.6) is 0 Å². The summed E-state index contributed by atoms with van der Waals surface area (Å²) in [6, 6.07) is 15.5. The summed E-state index contributed by atoms with van der Waals surface area (Å²) in [6.07, 6.45) is 1.85. The number of thiazole rings is 1. The highest BCUT2D eigenvalue weighted by Crippen LogP contribution is 2.45. The number of ketones is 1. The fourth-order valence-corrected chi connectivity index (χ4v) is 6.19. The first-order chi connectivity index (χ1) is 17.7. The quantitative estimate of drug-likeness (QED) is 0.145. The van der Waals surface area contributed by atoms with E-state index in [0.717, 1.165) is 14.7 Å². The number of carbonyl (C=O) groups excluding carboxylic acids is 2. The van der Waals surface area contributed by atoms with Crippen LogP contribution in [0.1, 0.15) is 28.6 Å². The van der Waals surface area contributed by atoms with Gasteiger partial charge in [0, 0.05) is 15.7 Å². The largest absolute Gasteiger partial charge is 0.505 e. The van der Waals surface area contributed by atoms with E-state index < -0.39 is 17.7 Å². The lowest BCUT2D eigenvalue weighted by atomic mass is 9.96. The number of Topliss-reactive ketones (excluding diaryl/α,β-unsaturated/α-hetero) is 1. The van der Waals surface area contributed by atoms with Crippen LogP contribution in [0.4, 0.5) is 5.13 Å². The number of aliphatic hydroxyl groups excluding tert-OH is 1. The first kappa shape index (κ1) is 23.8. The average molecular weight is 594 g/mol. The SMILES string of the molecule is Cc1cccn2c(C)c(C(O)=C3C(=O)C(=O)N(c4nc5ccc(Cl)cc5s4)C3c3ccc(Br)cc3)nc12. The summed E-state index contributed by atoms with van der Waals surface area (Å²) >= 11 is 10.9. The molecule has 1 atom stereocenters. The van der Waals surface area contributed by atoms with Gasteiger partial charge in [-0.2, -0.15) is 0 Å². The summed E-state index contributed by atoms with van der Waals surface area (Å²) in [6.45, 7) is 3.74. The minimum absolute atomic E-state index is 0.0335. The van der Waals surface area contributed by atoms with Crippen molar-refractivity contribution in [3.8, 4) is 0 Å². The molecule has 1 aliphatic rings. The number of hydrogen-bond acceptors (Lipinski definition) is 6. The zero-order valence-corrected chi connectivity index (χ0v) is 22.7. The van der Waals surface area contributed by atoms with E-state index in [4.69, 9.17) is 11.6 Å². The third-order valence-corrected chi connectivity index (χ3v) is 8.26. The molecule has 2 aromatic carbocycles. The predicted molar refractivity (Wildman–Crippen MR) is 148 cm³/mol. The number of anilines is 1. The minimum atomic E-state index is -0.894. The first-order valence-electron chi connectivity index (χ1n) is 11.3. The maximum Gasteiger partial charge on any atom is 0.301 e. The normalized spacial score (nSPS) is 17.4. The number of amides is 1. The molecule has 0 spiro atoms. The standard InChI is InChI=1S/C27H18BrClN4O3S/c1-13-4-3-11-32-14(2)21(31-25(13)32)23(34)20-22(15-5-7-16(28)8-6-15)33(26(36)24(20)35)27-30-18-10-9-17(29)12-19(18)37-27/h3-12,22,34H,1-2H3. The van der Waals surface area contributed by atoms with E-state index in [2.05, 4.69) is 25.9 Å². The Morgan fingerprint density at radius 3 is 2.57 bits per heavy atom. The van der Waals surface area contributed by atoms with Crippen molar-refractivity contribution in [2.45, 2.75) is 19.9 Å². The molecule has 5 aromatic rings. The van der Waals surface area contributed by atoms with E-state index in [1.54, 1.807) is 18.2 Å². The fraction of sp³-hybridized carbons (Fsp3) is 0.111. The molecule has 1 aliphatic heterocycles. The van der Waals surface area contributed by atoms with Crippen molar-refractivity contribution in [3.05, 3.63) is 98.4 Å². The van der Waals surface area contributed by atoms with E-state index in [9.17, 15) is 14.7 Å². The molecule has 37 heavy (non-hydrogen) atoms. The van der Waals surface area contributed by atoms with Gasteiger partial charge in [-0.25, -0.2) is 9.97 Å². The predicted octanol–water partition coefficient (Wildman–Crippen LogP) is 6.60. The maximum absolute atomic E-state index is 13.5. The monoisotopic (exact) mass is 592 g/mol. The number of pyridine rings is 1. The Bertz CT molecular complexity index is 1790. The molecule has 7 nitrogen and oxygen atoms in total. The van der Waals surface area contributed by atoms with E-state index in [1.807, 2.05) is 60.8 Å². The third-order valence-electron chi connectivity index (χ3n) is 6.48. The van der Waals surface area contributed by atoms with Gasteiger partial charge in [-0.3, -0.25) is 14.5 Å². The van der Waals surface area contributed by atoms with Gasteiger partial charge in [0.05, 0.1) is 27.5 Å². The van der Waals surface area contributed by atoms with Crippen molar-refractivity contribution in [1.29, 1.82) is 0 Å². The highest BCUT2D eigenvalue weighted by atomic mass is 79.9. The number of benzene rings is 2. The second-order valence-corrected chi connectivity index (χ2v) is 11.1. The summed E-state index contributed by atoms with van der Waals surface area (Å²) in [5.74, 6) is -1.88. The molecule has 1 amide bonds. The van der Waals surface area contributed by atoms with Crippen molar-refractivity contribution in [1.82, 2.24) is 14.4 Å². The highest BCUT2D eigenvalue weighted by Gasteiger charge is 2.48. The summed E-state index contributed by atoms with van der Waals surface area (Å²) in [5.41, 5.74) is 3.78. The number of imidazole rings is 1. The Morgan fingerprint density at radius 2 is 1.84 bits per heavy atom. The number of aliphatic hydroxyl groups is 1. The third kappa shape index (κ3) is 3.77. The number of hydrogen-bond donors (Lipinski definition) is 1. The number of aromatic nitrogens is 3. The Balaban J connectivity index is 1.60. The van der Waals surface area contributed by atoms with Gasteiger partial charge in [0.15, 0.2) is 10.9 Å². The smallest absolute Gasteiger partial charge is 0.301 e. The second kappa shape index (κ2) is 8.79. The van der Waals surface area contributed by atoms with Crippen molar-refractivity contribution in [3.63, 3.8) is 0 Å². The van der Waals surface area contributed by atoms with Crippen molar-refractivity contribution >= 4 is 77.3 Å². The van der Waals surface area contributed by atoms with Crippen LogP contribution in [-0.4, -0.2) is 31.2 Å². The van der Waals surface area contributed by atoms with Crippen molar-refractivity contribution in [2.75, 3.05) is 4.90 Å². The molecule has 1 unspecified atom stereocenters. The molecule has 0 radical (unpaired) electrons. The Morgan fingerprint density at radius 1 is 1.08 bits per heavy atom. The molecule has 1 saturated heterocycles. The molecule has 4 heterocycles. The summed E-state index contributed by atoms with van der Waals surface area (Å²) in [5, 5.41) is 12.5. The summed E-state index contributed by atoms with van der Waals surface area (Å²) < 4.78 is 3.48. The molecule has 0 bridgehead atoms. The van der Waals surface area contributed by atoms with E-state index >= 15 is 0 Å². The second-order valence-electron chi connectivity index (χ2n) is 8.76. The van der Waals surface area contributed by atoms with Crippen molar-refractivity contribution in [2.24, 2.45) is 0 Å². The molecule has 1 N–H and O–H groups in total. The Kier molecular flexibility index (Phi) is 5.67. The molecule has 1 fully saturated rings. The fourth-order valence-electron chi connectivity index (χ4n) is 4.65. The van der Waals surface area contributed by atoms with Gasteiger partial charge < -0.3 is 9.51 Å². The lowest BCUT2D eigenvalue weighted by Crippen LogP contribution is -2.29. The lowest BCUT2D eigenvalue weighted by molar-refractivity contribution is -0.132. The van der Waals surface area contributed by atoms with Crippen LogP contribution in [0.2, 0.25) is 5.02 Å². The average Bonchev–Trinajstić information content (AvgIpc) is 3.52. The Hall–Kier alpha value is -3.53. The zero-order chi connectivity index (χ0) is 26.0. The number of halogens is 2. The van der Waals surface area contributed by atoms with Crippen LogP contribution in [-0.2, 0) is 9.59 Å². The van der Waals surface area contributed by atoms with Crippen LogP contribution in [0.25, 0.3) is 21.6 Å². The molecular formula is C27H18BrClN4O3S. The number of carbonyl (C=O) groups is 2. The molecular weight excluding hydrogens is 576 g/mol. The highest BCUT2D eigenvalue weighted by molar-refractivity contribution is 9.10. The minimum Gasteiger partial charge on any atom is -0.505 e. The number of fused-ring (bicyclic) bond motifs is 2. The van der Waals surface area contributed by atoms with Crippen LogP contribution in [0.15, 0.2) is 70.8 Å². The summed E-state index contributed by atoms with van der Waals surface area (Å²) in [7, 11) is 0. The van der Waals surface area contributed by atoms with Crippen LogP contribution in [0.3, 0.4) is 0 Å². The topological polar surface area (TPSA) is 87.8 Å². The number of aryl methyl sites for hydroxylation is 2. The number of nitrogens with zero attached hydrogens (tertiary/aromatic N) is 4. The van der Waals surface area contributed by atoms with Crippen LogP contribution >= 0.6 is 38.9 Å². The van der Waals surface area contributed by atoms with Gasteiger partial charge in [-0.1, -0.05) is 57.1 Å².